The van der Waals surface area contributed by atoms with Crippen LogP contribution in [-0.2, 0) is 0 Å². The smallest absolute Gasteiger partial charge is 0.0314 e. The maximum absolute atomic E-state index is 5.64. The second-order valence-corrected chi connectivity index (χ2v) is 3.71. The van der Waals surface area contributed by atoms with Gasteiger partial charge in [-0.3, -0.25) is 0 Å². The number of hydrogen-bond donors (Lipinski definition) is 2. The molecule has 0 amide bonds. The van der Waals surface area contributed by atoms with Crippen LogP contribution in [0.3, 0.4) is 0 Å². The van der Waals surface area contributed by atoms with Crippen LogP contribution in [0.5, 0.6) is 0 Å². The fraction of sp³-hybridized carbons (Fsp3) is 0.455. The molecule has 13 heavy (non-hydrogen) atoms. The van der Waals surface area contributed by atoms with Gasteiger partial charge in [0.1, 0.15) is 0 Å². The summed E-state index contributed by atoms with van der Waals surface area (Å²) in [7, 11) is 0. The lowest BCUT2D eigenvalue weighted by atomic mass is 9.92. The molecule has 0 bridgehead atoms. The van der Waals surface area contributed by atoms with Crippen molar-refractivity contribution >= 4 is 5.69 Å². The van der Waals surface area contributed by atoms with Gasteiger partial charge in [0, 0.05) is 12.2 Å². The zero-order chi connectivity index (χ0) is 9.10. The highest BCUT2D eigenvalue weighted by Crippen LogP contribution is 2.23. The molecular weight excluding hydrogens is 160 g/mol. The molecule has 1 aliphatic rings. The van der Waals surface area contributed by atoms with Crippen LogP contribution in [0.15, 0.2) is 24.3 Å². The summed E-state index contributed by atoms with van der Waals surface area (Å²) in [6, 6.07) is 8.27. The number of piperidine rings is 1. The van der Waals surface area contributed by atoms with Crippen LogP contribution in [0, 0.1) is 0 Å². The Kier molecular flexibility index (Phi) is 2.50. The molecule has 1 aromatic carbocycles. The Balaban J connectivity index is 2.10. The predicted molar refractivity (Wildman–Crippen MR) is 55.7 cm³/mol. The van der Waals surface area contributed by atoms with E-state index in [9.17, 15) is 0 Å². The van der Waals surface area contributed by atoms with Gasteiger partial charge < -0.3 is 11.1 Å². The van der Waals surface area contributed by atoms with Crippen molar-refractivity contribution in [3.05, 3.63) is 29.8 Å². The number of nitrogen functional groups attached to an aromatic ring is 1. The fourth-order valence-corrected chi connectivity index (χ4v) is 1.90. The Morgan fingerprint density at radius 1 is 1.23 bits per heavy atom. The molecule has 1 atom stereocenters. The molecule has 3 N–H and O–H groups in total. The molecule has 0 aliphatic carbocycles. The number of anilines is 1. The monoisotopic (exact) mass is 176 g/mol. The normalized spacial score (nSPS) is 22.9. The molecular formula is C11H16N2. The molecule has 2 rings (SSSR count). The van der Waals surface area contributed by atoms with E-state index in [1.54, 1.807) is 0 Å². The summed E-state index contributed by atoms with van der Waals surface area (Å²) in [5, 5.41) is 3.42. The minimum Gasteiger partial charge on any atom is -0.399 e. The van der Waals surface area contributed by atoms with Crippen molar-refractivity contribution in [2.75, 3.05) is 18.8 Å². The minimum absolute atomic E-state index is 0.689. The average molecular weight is 176 g/mol. The number of hydrogen-bond acceptors (Lipinski definition) is 2. The van der Waals surface area contributed by atoms with Gasteiger partial charge in [-0.15, -0.1) is 0 Å². The Morgan fingerprint density at radius 2 is 2.00 bits per heavy atom. The van der Waals surface area contributed by atoms with E-state index < -0.39 is 0 Å². The molecule has 2 nitrogen and oxygen atoms in total. The predicted octanol–water partition coefficient (Wildman–Crippen LogP) is 1.74. The van der Waals surface area contributed by atoms with Crippen LogP contribution < -0.4 is 11.1 Å². The second kappa shape index (κ2) is 3.79. The van der Waals surface area contributed by atoms with Crippen LogP contribution in [0.1, 0.15) is 24.3 Å². The SMILES string of the molecule is Nc1ccc([C@@H]2CCCNC2)cc1. The van der Waals surface area contributed by atoms with E-state index in [1.165, 1.54) is 24.9 Å². The Hall–Kier alpha value is -1.02. The Morgan fingerprint density at radius 3 is 2.62 bits per heavy atom. The van der Waals surface area contributed by atoms with Crippen molar-refractivity contribution in [3.63, 3.8) is 0 Å². The van der Waals surface area contributed by atoms with Crippen LogP contribution in [0.4, 0.5) is 5.69 Å². The third-order valence-corrected chi connectivity index (χ3v) is 2.70. The van der Waals surface area contributed by atoms with Crippen molar-refractivity contribution in [2.45, 2.75) is 18.8 Å². The third-order valence-electron chi connectivity index (χ3n) is 2.70. The first-order valence-corrected chi connectivity index (χ1v) is 4.92. The summed E-state index contributed by atoms with van der Waals surface area (Å²) in [5.74, 6) is 0.689. The first kappa shape index (κ1) is 8.57. The van der Waals surface area contributed by atoms with Gasteiger partial charge >= 0.3 is 0 Å². The highest BCUT2D eigenvalue weighted by Gasteiger charge is 2.14. The molecule has 0 saturated carbocycles. The minimum atomic E-state index is 0.689. The molecule has 0 unspecified atom stereocenters. The van der Waals surface area contributed by atoms with Gasteiger partial charge in [-0.1, -0.05) is 12.1 Å². The number of nitrogens with one attached hydrogen (secondary N) is 1. The van der Waals surface area contributed by atoms with Gasteiger partial charge in [0.25, 0.3) is 0 Å². The summed E-state index contributed by atoms with van der Waals surface area (Å²) in [6.45, 7) is 2.29. The maximum Gasteiger partial charge on any atom is 0.0314 e. The Labute approximate surface area is 79.1 Å². The molecule has 1 aromatic rings. The lowest BCUT2D eigenvalue weighted by molar-refractivity contribution is 0.461. The molecule has 1 aliphatic heterocycles. The van der Waals surface area contributed by atoms with Crippen LogP contribution >= 0.6 is 0 Å². The van der Waals surface area contributed by atoms with E-state index in [-0.39, 0.29) is 0 Å². The molecule has 0 spiro atoms. The summed E-state index contributed by atoms with van der Waals surface area (Å²) < 4.78 is 0. The van der Waals surface area contributed by atoms with E-state index in [0.29, 0.717) is 5.92 Å². The van der Waals surface area contributed by atoms with Crippen molar-refractivity contribution < 1.29 is 0 Å². The van der Waals surface area contributed by atoms with Crippen LogP contribution in [-0.4, -0.2) is 13.1 Å². The van der Waals surface area contributed by atoms with Gasteiger partial charge in [-0.2, -0.15) is 0 Å². The van der Waals surface area contributed by atoms with E-state index in [4.69, 9.17) is 5.73 Å². The summed E-state index contributed by atoms with van der Waals surface area (Å²) >= 11 is 0. The topological polar surface area (TPSA) is 38.0 Å². The highest BCUT2D eigenvalue weighted by atomic mass is 14.9. The molecule has 70 valence electrons. The summed E-state index contributed by atoms with van der Waals surface area (Å²) in [6.07, 6.45) is 2.59. The van der Waals surface area contributed by atoms with E-state index in [1.807, 2.05) is 12.1 Å². The molecule has 2 heteroatoms. The lowest BCUT2D eigenvalue weighted by Gasteiger charge is -2.23. The summed E-state index contributed by atoms with van der Waals surface area (Å²) in [4.78, 5) is 0. The number of rotatable bonds is 1. The van der Waals surface area contributed by atoms with Crippen molar-refractivity contribution in [1.82, 2.24) is 5.32 Å². The van der Waals surface area contributed by atoms with Crippen molar-refractivity contribution in [2.24, 2.45) is 0 Å². The van der Waals surface area contributed by atoms with Gasteiger partial charge in [0.15, 0.2) is 0 Å². The standard InChI is InChI=1S/C11H16N2/c12-11-5-3-9(4-6-11)10-2-1-7-13-8-10/h3-6,10,13H,1-2,7-8,12H2/t10-/m1/s1. The third kappa shape index (κ3) is 2.01. The largest absolute Gasteiger partial charge is 0.399 e. The van der Waals surface area contributed by atoms with Gasteiger partial charge in [0.05, 0.1) is 0 Å². The van der Waals surface area contributed by atoms with Crippen molar-refractivity contribution in [1.29, 1.82) is 0 Å². The molecule has 1 heterocycles. The second-order valence-electron chi connectivity index (χ2n) is 3.71. The zero-order valence-corrected chi connectivity index (χ0v) is 7.79. The number of benzene rings is 1. The van der Waals surface area contributed by atoms with E-state index in [0.717, 1.165) is 12.2 Å². The maximum atomic E-state index is 5.64. The number of nitrogens with two attached hydrogens (primary N) is 1. The van der Waals surface area contributed by atoms with Gasteiger partial charge in [0.2, 0.25) is 0 Å². The Bertz CT molecular complexity index is 260. The van der Waals surface area contributed by atoms with Crippen LogP contribution in [0.25, 0.3) is 0 Å². The molecule has 0 radical (unpaired) electrons. The zero-order valence-electron chi connectivity index (χ0n) is 7.79. The highest BCUT2D eigenvalue weighted by molar-refractivity contribution is 5.40. The fourth-order valence-electron chi connectivity index (χ4n) is 1.90. The van der Waals surface area contributed by atoms with Gasteiger partial charge in [-0.25, -0.2) is 0 Å². The lowest BCUT2D eigenvalue weighted by Crippen LogP contribution is -2.28. The molecule has 1 fully saturated rings. The van der Waals surface area contributed by atoms with E-state index in [2.05, 4.69) is 17.4 Å². The molecule has 0 aromatic heterocycles. The van der Waals surface area contributed by atoms with Crippen LogP contribution in [0.2, 0.25) is 0 Å². The van der Waals surface area contributed by atoms with Crippen molar-refractivity contribution in [3.8, 4) is 0 Å². The quantitative estimate of drug-likeness (QED) is 0.640. The first-order chi connectivity index (χ1) is 6.36. The average Bonchev–Trinajstić information content (AvgIpc) is 2.20. The first-order valence-electron chi connectivity index (χ1n) is 4.92. The summed E-state index contributed by atoms with van der Waals surface area (Å²) in [5.41, 5.74) is 7.91. The van der Waals surface area contributed by atoms with Gasteiger partial charge in [-0.05, 0) is 43.0 Å². The molecule has 1 saturated heterocycles. The van der Waals surface area contributed by atoms with E-state index >= 15 is 0 Å².